The van der Waals surface area contributed by atoms with Crippen molar-refractivity contribution in [2.45, 2.75) is 57.9 Å². The quantitative estimate of drug-likeness (QED) is 0.278. The number of carbonyl (C=O) groups excluding carboxylic acids is 1. The average molecular weight is 476 g/mol. The number of allylic oxidation sites excluding steroid dienone is 1. The van der Waals surface area contributed by atoms with Crippen LogP contribution in [0, 0.1) is 5.92 Å². The molecule has 0 aliphatic heterocycles. The van der Waals surface area contributed by atoms with Crippen LogP contribution in [0.3, 0.4) is 0 Å². The number of fused-ring (bicyclic) bond motifs is 1. The Morgan fingerprint density at radius 1 is 1.17 bits per heavy atom. The Hall–Kier alpha value is -3.28. The van der Waals surface area contributed by atoms with Gasteiger partial charge in [0.15, 0.2) is 11.5 Å². The molecule has 35 heavy (non-hydrogen) atoms. The van der Waals surface area contributed by atoms with Crippen molar-refractivity contribution in [1.82, 2.24) is 14.9 Å². The topological polar surface area (TPSA) is 65.4 Å². The van der Waals surface area contributed by atoms with Crippen LogP contribution in [0.15, 0.2) is 55.1 Å². The molecular weight excluding hydrogens is 438 g/mol. The summed E-state index contributed by atoms with van der Waals surface area (Å²) in [5.74, 6) is 2.91. The van der Waals surface area contributed by atoms with E-state index in [1.165, 1.54) is 19.3 Å². The predicted molar refractivity (Wildman–Crippen MR) is 140 cm³/mol. The zero-order valence-electron chi connectivity index (χ0n) is 20.8. The molecule has 1 aromatic heterocycles. The third kappa shape index (κ3) is 6.44. The van der Waals surface area contributed by atoms with E-state index in [1.54, 1.807) is 7.11 Å². The number of methoxy groups -OCH3 is 1. The highest BCUT2D eigenvalue weighted by Crippen LogP contribution is 2.29. The van der Waals surface area contributed by atoms with Crippen LogP contribution in [-0.2, 0) is 24.2 Å². The van der Waals surface area contributed by atoms with Gasteiger partial charge in [0.2, 0.25) is 5.91 Å². The van der Waals surface area contributed by atoms with Gasteiger partial charge in [-0.25, -0.2) is 4.98 Å². The van der Waals surface area contributed by atoms with Gasteiger partial charge in [-0.05, 0) is 55.5 Å². The zero-order chi connectivity index (χ0) is 24.5. The molecule has 1 aliphatic rings. The summed E-state index contributed by atoms with van der Waals surface area (Å²) in [4.78, 5) is 17.3. The molecule has 1 heterocycles. The molecule has 0 saturated heterocycles. The first kappa shape index (κ1) is 24.8. The van der Waals surface area contributed by atoms with Crippen LogP contribution in [0.5, 0.6) is 11.5 Å². The molecule has 1 saturated carbocycles. The molecule has 3 aromatic rings. The Labute approximate surface area is 208 Å². The van der Waals surface area contributed by atoms with Gasteiger partial charge in [-0.15, -0.1) is 6.58 Å². The summed E-state index contributed by atoms with van der Waals surface area (Å²) < 4.78 is 13.9. The third-order valence-electron chi connectivity index (χ3n) is 6.77. The van der Waals surface area contributed by atoms with Crippen LogP contribution in [0.4, 0.5) is 0 Å². The van der Waals surface area contributed by atoms with Crippen LogP contribution in [-0.4, -0.2) is 35.7 Å². The Balaban J connectivity index is 1.36. The molecule has 1 amide bonds. The van der Waals surface area contributed by atoms with Crippen molar-refractivity contribution in [2.75, 3.05) is 20.3 Å². The SMILES string of the molecule is C=CCc1ccc(OCCn2c(CCCNC(=O)C3CCCCC3)nc3ccccc32)c(OC)c1. The summed E-state index contributed by atoms with van der Waals surface area (Å²) in [6, 6.07) is 14.2. The molecule has 0 unspecified atom stereocenters. The molecular formula is C29H37N3O3. The maximum absolute atomic E-state index is 12.4. The number of aromatic nitrogens is 2. The number of ether oxygens (including phenoxy) is 2. The molecule has 1 fully saturated rings. The monoisotopic (exact) mass is 475 g/mol. The average Bonchev–Trinajstić information content (AvgIpc) is 3.25. The van der Waals surface area contributed by atoms with Crippen LogP contribution in [0.25, 0.3) is 11.0 Å². The Morgan fingerprint density at radius 2 is 2.00 bits per heavy atom. The summed E-state index contributed by atoms with van der Waals surface area (Å²) in [5.41, 5.74) is 3.23. The van der Waals surface area contributed by atoms with E-state index in [0.717, 1.165) is 66.0 Å². The molecule has 2 aromatic carbocycles. The van der Waals surface area contributed by atoms with E-state index in [4.69, 9.17) is 14.5 Å². The van der Waals surface area contributed by atoms with Crippen molar-refractivity contribution in [3.63, 3.8) is 0 Å². The number of benzene rings is 2. The highest BCUT2D eigenvalue weighted by atomic mass is 16.5. The maximum Gasteiger partial charge on any atom is 0.223 e. The molecule has 186 valence electrons. The summed E-state index contributed by atoms with van der Waals surface area (Å²) in [7, 11) is 1.66. The van der Waals surface area contributed by atoms with Gasteiger partial charge >= 0.3 is 0 Å². The van der Waals surface area contributed by atoms with Gasteiger partial charge in [0.25, 0.3) is 0 Å². The molecule has 0 radical (unpaired) electrons. The Bertz CT molecular complexity index is 1130. The number of para-hydroxylation sites is 2. The summed E-state index contributed by atoms with van der Waals surface area (Å²) >= 11 is 0. The number of hydrogen-bond donors (Lipinski definition) is 1. The molecule has 1 aliphatic carbocycles. The molecule has 6 nitrogen and oxygen atoms in total. The van der Waals surface area contributed by atoms with Gasteiger partial charge in [-0.3, -0.25) is 4.79 Å². The van der Waals surface area contributed by atoms with Crippen molar-refractivity contribution < 1.29 is 14.3 Å². The van der Waals surface area contributed by atoms with Gasteiger partial charge < -0.3 is 19.4 Å². The Kier molecular flexibility index (Phi) is 8.82. The summed E-state index contributed by atoms with van der Waals surface area (Å²) in [6.45, 7) is 5.67. The first-order valence-electron chi connectivity index (χ1n) is 12.8. The summed E-state index contributed by atoms with van der Waals surface area (Å²) in [6.07, 6.45) is 10.0. The van der Waals surface area contributed by atoms with E-state index in [0.29, 0.717) is 19.7 Å². The zero-order valence-corrected chi connectivity index (χ0v) is 20.8. The van der Waals surface area contributed by atoms with Crippen LogP contribution >= 0.6 is 0 Å². The number of carbonyl (C=O) groups is 1. The second-order valence-corrected chi connectivity index (χ2v) is 9.22. The van der Waals surface area contributed by atoms with E-state index >= 15 is 0 Å². The van der Waals surface area contributed by atoms with E-state index in [9.17, 15) is 4.79 Å². The smallest absolute Gasteiger partial charge is 0.223 e. The van der Waals surface area contributed by atoms with Gasteiger partial charge in [-0.1, -0.05) is 43.5 Å². The van der Waals surface area contributed by atoms with E-state index < -0.39 is 0 Å². The number of nitrogens with zero attached hydrogens (tertiary/aromatic N) is 2. The first-order chi connectivity index (χ1) is 17.2. The third-order valence-corrected chi connectivity index (χ3v) is 6.77. The lowest BCUT2D eigenvalue weighted by Gasteiger charge is -2.20. The second-order valence-electron chi connectivity index (χ2n) is 9.22. The number of aryl methyl sites for hydroxylation is 1. The lowest BCUT2D eigenvalue weighted by Crippen LogP contribution is -2.32. The van der Waals surface area contributed by atoms with Crippen molar-refractivity contribution >= 4 is 16.9 Å². The van der Waals surface area contributed by atoms with Crippen LogP contribution in [0.2, 0.25) is 0 Å². The second kappa shape index (κ2) is 12.4. The fourth-order valence-corrected chi connectivity index (χ4v) is 4.90. The fourth-order valence-electron chi connectivity index (χ4n) is 4.90. The molecule has 0 spiro atoms. The van der Waals surface area contributed by atoms with Crippen LogP contribution in [0.1, 0.15) is 49.9 Å². The van der Waals surface area contributed by atoms with Crippen molar-refractivity contribution in [3.05, 3.63) is 66.5 Å². The predicted octanol–water partition coefficient (Wildman–Crippen LogP) is 5.48. The number of amides is 1. The number of nitrogens with one attached hydrogen (secondary N) is 1. The van der Waals surface area contributed by atoms with E-state index in [2.05, 4.69) is 22.5 Å². The minimum absolute atomic E-state index is 0.202. The van der Waals surface area contributed by atoms with Crippen LogP contribution < -0.4 is 14.8 Å². The fraction of sp³-hybridized carbons (Fsp3) is 0.448. The minimum Gasteiger partial charge on any atom is -0.493 e. The van der Waals surface area contributed by atoms with Crippen molar-refractivity contribution in [2.24, 2.45) is 5.92 Å². The number of rotatable bonds is 12. The normalized spacial score (nSPS) is 14.1. The Morgan fingerprint density at radius 3 is 2.80 bits per heavy atom. The lowest BCUT2D eigenvalue weighted by molar-refractivity contribution is -0.125. The molecule has 6 heteroatoms. The van der Waals surface area contributed by atoms with Gasteiger partial charge in [0, 0.05) is 18.9 Å². The van der Waals surface area contributed by atoms with Gasteiger partial charge in [0.05, 0.1) is 24.7 Å². The molecule has 1 N–H and O–H groups in total. The van der Waals surface area contributed by atoms with Crippen molar-refractivity contribution in [3.8, 4) is 11.5 Å². The van der Waals surface area contributed by atoms with Gasteiger partial charge in [0.1, 0.15) is 12.4 Å². The van der Waals surface area contributed by atoms with Crippen molar-refractivity contribution in [1.29, 1.82) is 0 Å². The molecule has 0 atom stereocenters. The first-order valence-corrected chi connectivity index (χ1v) is 12.8. The maximum atomic E-state index is 12.4. The lowest BCUT2D eigenvalue weighted by atomic mass is 9.89. The number of hydrogen-bond acceptors (Lipinski definition) is 4. The highest BCUT2D eigenvalue weighted by Gasteiger charge is 2.20. The highest BCUT2D eigenvalue weighted by molar-refractivity contribution is 5.78. The summed E-state index contributed by atoms with van der Waals surface area (Å²) in [5, 5.41) is 3.15. The van der Waals surface area contributed by atoms with E-state index in [-0.39, 0.29) is 11.8 Å². The standard InChI is InChI=1S/C29H37N3O3/c1-3-10-22-16-17-26(27(21-22)34-2)35-20-19-32-25-14-8-7-13-24(25)31-28(32)15-9-18-30-29(33)23-11-5-4-6-12-23/h3,7-8,13-14,16-17,21,23H,1,4-6,9-12,15,18-20H2,2H3,(H,30,33). The number of imidazole rings is 1. The largest absolute Gasteiger partial charge is 0.493 e. The molecule has 0 bridgehead atoms. The van der Waals surface area contributed by atoms with E-state index in [1.807, 2.05) is 42.5 Å². The minimum atomic E-state index is 0.202. The van der Waals surface area contributed by atoms with Gasteiger partial charge in [-0.2, -0.15) is 0 Å². The molecule has 4 rings (SSSR count).